The maximum atomic E-state index is 8.99. The van der Waals surface area contributed by atoms with E-state index in [1.54, 1.807) is 6.20 Å². The summed E-state index contributed by atoms with van der Waals surface area (Å²) in [6.07, 6.45) is 5.62. The van der Waals surface area contributed by atoms with Crippen LogP contribution in [0.25, 0.3) is 11.3 Å². The highest BCUT2D eigenvalue weighted by atomic mass is 16.5. The summed E-state index contributed by atoms with van der Waals surface area (Å²) in [5, 5.41) is 8.99. The quantitative estimate of drug-likeness (QED) is 0.638. The third kappa shape index (κ3) is 3.80. The van der Waals surface area contributed by atoms with Crippen LogP contribution in [-0.2, 0) is 12.0 Å². The van der Waals surface area contributed by atoms with Gasteiger partial charge in [-0.05, 0) is 30.4 Å². The van der Waals surface area contributed by atoms with Crippen LogP contribution in [0, 0.1) is 0 Å². The van der Waals surface area contributed by atoms with Gasteiger partial charge >= 0.3 is 6.01 Å². The van der Waals surface area contributed by atoms with Crippen molar-refractivity contribution in [3.05, 3.63) is 83.0 Å². The van der Waals surface area contributed by atoms with E-state index in [4.69, 9.17) is 20.3 Å². The van der Waals surface area contributed by atoms with Gasteiger partial charge in [0.25, 0.3) is 0 Å². The lowest BCUT2D eigenvalue weighted by atomic mass is 9.72. The minimum absolute atomic E-state index is 0.0976. The van der Waals surface area contributed by atoms with Crippen LogP contribution in [0.15, 0.2) is 60.8 Å². The molecule has 0 amide bonds. The molecule has 1 saturated carbocycles. The molecular weight excluding hydrogens is 390 g/mol. The van der Waals surface area contributed by atoms with Crippen molar-refractivity contribution in [3.8, 4) is 11.9 Å². The Morgan fingerprint density at radius 2 is 1.81 bits per heavy atom. The first-order valence-electron chi connectivity index (χ1n) is 10.6. The molecule has 1 fully saturated rings. The lowest BCUT2D eigenvalue weighted by Gasteiger charge is -2.38. The van der Waals surface area contributed by atoms with Crippen LogP contribution in [-0.4, -0.2) is 28.3 Å². The number of aromatic nitrogens is 2. The number of rotatable bonds is 6. The number of allylic oxidation sites excluding steroid dienone is 1. The van der Waals surface area contributed by atoms with Gasteiger partial charge in [-0.25, -0.2) is 4.98 Å². The summed E-state index contributed by atoms with van der Waals surface area (Å²) in [6, 6.07) is 18.8. The van der Waals surface area contributed by atoms with Crippen LogP contribution in [0.4, 0.5) is 0 Å². The van der Waals surface area contributed by atoms with Gasteiger partial charge in [0, 0.05) is 34.9 Å². The fourth-order valence-electron chi connectivity index (χ4n) is 4.13. The summed E-state index contributed by atoms with van der Waals surface area (Å²) < 4.78 is 11.7. The van der Waals surface area contributed by atoms with E-state index in [9.17, 15) is 0 Å². The van der Waals surface area contributed by atoms with Crippen molar-refractivity contribution in [2.45, 2.75) is 31.2 Å². The van der Waals surface area contributed by atoms with Crippen LogP contribution >= 0.6 is 0 Å². The molecule has 0 bridgehead atoms. The standard InChI is InChI=1S/C25H25N3O3/c26-25(11-4-12-25)20-9-7-18(8-10-20)22-21(17-5-2-1-3-6-17)15-19-16-27-24(30-14-13-29)28-23(19)31-22/h1-3,5-10,16,29H,4,11-15,26H2. The van der Waals surface area contributed by atoms with Crippen molar-refractivity contribution in [2.75, 3.05) is 13.2 Å². The van der Waals surface area contributed by atoms with Gasteiger partial charge in [0.15, 0.2) is 0 Å². The molecule has 0 radical (unpaired) electrons. The lowest BCUT2D eigenvalue weighted by Crippen LogP contribution is -2.43. The van der Waals surface area contributed by atoms with Gasteiger partial charge in [-0.15, -0.1) is 0 Å². The number of hydrogen-bond acceptors (Lipinski definition) is 6. The minimum atomic E-state index is -0.193. The zero-order valence-electron chi connectivity index (χ0n) is 17.3. The summed E-state index contributed by atoms with van der Waals surface area (Å²) in [4.78, 5) is 8.66. The lowest BCUT2D eigenvalue weighted by molar-refractivity contribution is 0.190. The number of aliphatic hydroxyl groups excluding tert-OH is 1. The summed E-state index contributed by atoms with van der Waals surface area (Å²) in [6.45, 7) is 0.0403. The summed E-state index contributed by atoms with van der Waals surface area (Å²) >= 11 is 0. The molecule has 5 rings (SSSR count). The van der Waals surface area contributed by atoms with E-state index in [2.05, 4.69) is 46.4 Å². The summed E-state index contributed by atoms with van der Waals surface area (Å²) in [7, 11) is 0. The predicted molar refractivity (Wildman–Crippen MR) is 118 cm³/mol. The van der Waals surface area contributed by atoms with Crippen molar-refractivity contribution in [1.29, 1.82) is 0 Å². The van der Waals surface area contributed by atoms with E-state index in [1.165, 1.54) is 12.0 Å². The Morgan fingerprint density at radius 3 is 2.48 bits per heavy atom. The smallest absolute Gasteiger partial charge is 0.319 e. The molecule has 0 unspecified atom stereocenters. The van der Waals surface area contributed by atoms with Crippen molar-refractivity contribution < 1.29 is 14.6 Å². The molecular formula is C25H25N3O3. The number of fused-ring (bicyclic) bond motifs is 1. The molecule has 0 spiro atoms. The van der Waals surface area contributed by atoms with E-state index in [-0.39, 0.29) is 24.8 Å². The van der Waals surface area contributed by atoms with E-state index < -0.39 is 0 Å². The molecule has 1 aromatic heterocycles. The fraction of sp³-hybridized carbons (Fsp3) is 0.280. The van der Waals surface area contributed by atoms with Gasteiger partial charge in [0.2, 0.25) is 5.88 Å². The molecule has 2 aromatic carbocycles. The van der Waals surface area contributed by atoms with Crippen molar-refractivity contribution in [3.63, 3.8) is 0 Å². The molecule has 0 saturated heterocycles. The molecule has 0 atom stereocenters. The summed E-state index contributed by atoms with van der Waals surface area (Å²) in [5.41, 5.74) is 11.5. The second-order valence-corrected chi connectivity index (χ2v) is 8.09. The average Bonchev–Trinajstić information content (AvgIpc) is 2.81. The van der Waals surface area contributed by atoms with Gasteiger partial charge in [-0.2, -0.15) is 4.98 Å². The average molecular weight is 415 g/mol. The first-order chi connectivity index (χ1) is 15.2. The zero-order chi connectivity index (χ0) is 21.3. The molecule has 2 heterocycles. The first-order valence-corrected chi connectivity index (χ1v) is 10.6. The van der Waals surface area contributed by atoms with E-state index in [0.29, 0.717) is 12.3 Å². The van der Waals surface area contributed by atoms with Crippen LogP contribution in [0.3, 0.4) is 0 Å². The van der Waals surface area contributed by atoms with Gasteiger partial charge in [0.1, 0.15) is 12.4 Å². The molecule has 1 aliphatic heterocycles. The third-order valence-electron chi connectivity index (χ3n) is 6.06. The first kappa shape index (κ1) is 19.7. The van der Waals surface area contributed by atoms with Gasteiger partial charge in [-0.3, -0.25) is 0 Å². The Balaban J connectivity index is 1.53. The maximum Gasteiger partial charge on any atom is 0.319 e. The van der Waals surface area contributed by atoms with Crippen molar-refractivity contribution in [2.24, 2.45) is 5.73 Å². The van der Waals surface area contributed by atoms with E-state index in [1.807, 2.05) is 18.2 Å². The molecule has 1 aliphatic carbocycles. The van der Waals surface area contributed by atoms with Crippen LogP contribution in [0.2, 0.25) is 0 Å². The number of hydrogen-bond donors (Lipinski definition) is 2. The second kappa shape index (κ2) is 8.13. The Labute approximate surface area is 181 Å². The number of nitrogens with zero attached hydrogens (tertiary/aromatic N) is 2. The largest absolute Gasteiger partial charge is 0.461 e. The van der Waals surface area contributed by atoms with Gasteiger partial charge in [0.05, 0.1) is 6.61 Å². The number of benzene rings is 2. The number of nitrogens with two attached hydrogens (primary N) is 1. The monoisotopic (exact) mass is 415 g/mol. The second-order valence-electron chi connectivity index (χ2n) is 8.09. The summed E-state index contributed by atoms with van der Waals surface area (Å²) in [5.74, 6) is 1.26. The SMILES string of the molecule is NC1(c2ccc(C3=C(c4ccccc4)Cc4cnc(OCCO)nc4O3)cc2)CCC1. The maximum absolute atomic E-state index is 8.99. The fourth-order valence-corrected chi connectivity index (χ4v) is 4.13. The van der Waals surface area contributed by atoms with Crippen molar-refractivity contribution in [1.82, 2.24) is 9.97 Å². The predicted octanol–water partition coefficient (Wildman–Crippen LogP) is 3.69. The van der Waals surface area contributed by atoms with E-state index in [0.717, 1.165) is 40.9 Å². The molecule has 3 aromatic rings. The molecule has 6 heteroatoms. The van der Waals surface area contributed by atoms with Crippen LogP contribution in [0.1, 0.15) is 41.5 Å². The highest BCUT2D eigenvalue weighted by Gasteiger charge is 2.34. The molecule has 158 valence electrons. The Hall–Kier alpha value is -3.22. The minimum Gasteiger partial charge on any atom is -0.461 e. The number of ether oxygens (including phenoxy) is 2. The molecule has 2 aliphatic rings. The topological polar surface area (TPSA) is 90.5 Å². The number of aliphatic hydroxyl groups is 1. The van der Waals surface area contributed by atoms with Gasteiger partial charge in [-0.1, -0.05) is 54.6 Å². The van der Waals surface area contributed by atoms with Gasteiger partial charge < -0.3 is 20.3 Å². The Kier molecular flexibility index (Phi) is 5.18. The molecule has 31 heavy (non-hydrogen) atoms. The van der Waals surface area contributed by atoms with Crippen LogP contribution < -0.4 is 15.2 Å². The Bertz CT molecular complexity index is 1110. The highest BCUT2D eigenvalue weighted by molar-refractivity contribution is 5.91. The highest BCUT2D eigenvalue weighted by Crippen LogP contribution is 2.41. The van der Waals surface area contributed by atoms with Crippen molar-refractivity contribution >= 4 is 11.3 Å². The Morgan fingerprint density at radius 1 is 1.03 bits per heavy atom. The van der Waals surface area contributed by atoms with E-state index >= 15 is 0 Å². The normalized spacial score (nSPS) is 16.8. The molecule has 3 N–H and O–H groups in total. The molecule has 6 nitrogen and oxygen atoms in total. The zero-order valence-corrected chi connectivity index (χ0v) is 17.3. The van der Waals surface area contributed by atoms with Crippen LogP contribution in [0.5, 0.6) is 11.9 Å². The third-order valence-corrected chi connectivity index (χ3v) is 6.06.